The van der Waals surface area contributed by atoms with Gasteiger partial charge in [-0.05, 0) is 24.3 Å². The van der Waals surface area contributed by atoms with Gasteiger partial charge in [-0.2, -0.15) is 0 Å². The molecule has 1 aromatic carbocycles. The largest absolute Gasteiger partial charge is 0.478 e. The molecule has 102 valence electrons. The van der Waals surface area contributed by atoms with Crippen LogP contribution in [0.1, 0.15) is 15.2 Å². The van der Waals surface area contributed by atoms with Crippen LogP contribution in [0.3, 0.4) is 0 Å². The maximum absolute atomic E-state index is 11.1. The molecular formula is C13H10ClN3O2S. The average Bonchev–Trinajstić information content (AvgIpc) is 3.02. The van der Waals surface area contributed by atoms with Crippen LogP contribution in [0.2, 0.25) is 4.34 Å². The first-order chi connectivity index (χ1) is 9.65. The smallest absolute Gasteiger partial charge is 0.338 e. The summed E-state index contributed by atoms with van der Waals surface area (Å²) < 4.78 is 2.48. The van der Waals surface area contributed by atoms with Gasteiger partial charge in [0.1, 0.15) is 5.52 Å². The summed E-state index contributed by atoms with van der Waals surface area (Å²) in [5, 5.41) is 17.1. The molecule has 0 bridgehead atoms. The number of carboxylic acid groups (broad SMARTS) is 1. The Morgan fingerprint density at radius 1 is 1.35 bits per heavy atom. The molecule has 3 aromatic rings. The zero-order valence-electron chi connectivity index (χ0n) is 10.3. The zero-order valence-corrected chi connectivity index (χ0v) is 11.9. The fourth-order valence-corrected chi connectivity index (χ4v) is 3.11. The van der Waals surface area contributed by atoms with Crippen molar-refractivity contribution in [1.82, 2.24) is 15.0 Å². The minimum Gasteiger partial charge on any atom is -0.478 e. The SMILES string of the molecule is O=C(O)c1cccc2c1nnn2CCc1ccc(Cl)s1. The molecule has 1 N–H and O–H groups in total. The van der Waals surface area contributed by atoms with Crippen LogP contribution < -0.4 is 0 Å². The molecule has 3 rings (SSSR count). The van der Waals surface area contributed by atoms with Crippen molar-refractivity contribution in [2.75, 3.05) is 0 Å². The van der Waals surface area contributed by atoms with Crippen molar-refractivity contribution in [2.24, 2.45) is 0 Å². The third-order valence-corrected chi connectivity index (χ3v) is 4.27. The number of halogens is 1. The molecule has 20 heavy (non-hydrogen) atoms. The summed E-state index contributed by atoms with van der Waals surface area (Å²) >= 11 is 7.42. The molecule has 0 radical (unpaired) electrons. The highest BCUT2D eigenvalue weighted by atomic mass is 35.5. The van der Waals surface area contributed by atoms with Gasteiger partial charge in [-0.1, -0.05) is 22.9 Å². The standard InChI is InChI=1S/C13H10ClN3O2S/c14-11-5-4-8(20-11)6-7-17-10-3-1-2-9(13(18)19)12(10)15-16-17/h1-5H,6-7H2,(H,18,19). The van der Waals surface area contributed by atoms with E-state index in [-0.39, 0.29) is 5.56 Å². The molecule has 2 aromatic heterocycles. The number of aryl methyl sites for hydroxylation is 2. The van der Waals surface area contributed by atoms with Crippen molar-refractivity contribution in [1.29, 1.82) is 0 Å². The summed E-state index contributed by atoms with van der Waals surface area (Å²) in [6, 6.07) is 8.90. The highest BCUT2D eigenvalue weighted by Crippen LogP contribution is 2.23. The highest BCUT2D eigenvalue weighted by molar-refractivity contribution is 7.16. The number of aromatic nitrogens is 3. The number of aromatic carboxylic acids is 1. The average molecular weight is 308 g/mol. The third kappa shape index (κ3) is 2.39. The molecule has 0 saturated heterocycles. The fraction of sp³-hybridized carbons (Fsp3) is 0.154. The van der Waals surface area contributed by atoms with E-state index >= 15 is 0 Å². The van der Waals surface area contributed by atoms with E-state index in [0.717, 1.165) is 21.2 Å². The van der Waals surface area contributed by atoms with Crippen molar-refractivity contribution in [2.45, 2.75) is 13.0 Å². The molecule has 7 heteroatoms. The Morgan fingerprint density at radius 3 is 2.90 bits per heavy atom. The molecule has 0 amide bonds. The van der Waals surface area contributed by atoms with Crippen molar-refractivity contribution >= 4 is 39.9 Å². The number of benzene rings is 1. The monoisotopic (exact) mass is 307 g/mol. The second-order valence-corrected chi connectivity index (χ2v) is 6.05. The number of nitrogens with zero attached hydrogens (tertiary/aromatic N) is 3. The minimum atomic E-state index is -0.993. The van der Waals surface area contributed by atoms with Gasteiger partial charge >= 0.3 is 5.97 Å². The van der Waals surface area contributed by atoms with E-state index in [0.29, 0.717) is 12.1 Å². The lowest BCUT2D eigenvalue weighted by Gasteiger charge is -2.01. The Balaban J connectivity index is 1.89. The van der Waals surface area contributed by atoms with Crippen molar-refractivity contribution in [3.05, 3.63) is 45.1 Å². The van der Waals surface area contributed by atoms with E-state index in [4.69, 9.17) is 16.7 Å². The summed E-state index contributed by atoms with van der Waals surface area (Å²) in [5.41, 5.74) is 1.32. The van der Waals surface area contributed by atoms with Gasteiger partial charge in [0.2, 0.25) is 0 Å². The van der Waals surface area contributed by atoms with Gasteiger partial charge in [0.15, 0.2) is 0 Å². The fourth-order valence-electron chi connectivity index (χ4n) is 2.03. The van der Waals surface area contributed by atoms with Crippen LogP contribution in [-0.4, -0.2) is 26.1 Å². The Kier molecular flexibility index (Phi) is 3.42. The molecule has 0 fully saturated rings. The summed E-state index contributed by atoms with van der Waals surface area (Å²) in [6.07, 6.45) is 0.785. The van der Waals surface area contributed by atoms with Crippen LogP contribution in [0.25, 0.3) is 11.0 Å². The van der Waals surface area contributed by atoms with E-state index in [1.807, 2.05) is 18.2 Å². The summed E-state index contributed by atoms with van der Waals surface area (Å²) in [5.74, 6) is -0.993. The Hall–Kier alpha value is -1.92. The van der Waals surface area contributed by atoms with Gasteiger partial charge in [-0.3, -0.25) is 0 Å². The molecule has 0 aliphatic heterocycles. The number of carboxylic acids is 1. The van der Waals surface area contributed by atoms with Crippen LogP contribution in [-0.2, 0) is 13.0 Å². The molecular weight excluding hydrogens is 298 g/mol. The molecule has 0 saturated carbocycles. The lowest BCUT2D eigenvalue weighted by atomic mass is 10.2. The van der Waals surface area contributed by atoms with E-state index < -0.39 is 5.97 Å². The summed E-state index contributed by atoms with van der Waals surface area (Å²) in [4.78, 5) is 12.3. The number of hydrogen-bond acceptors (Lipinski definition) is 4. The highest BCUT2D eigenvalue weighted by Gasteiger charge is 2.13. The minimum absolute atomic E-state index is 0.174. The maximum Gasteiger partial charge on any atom is 0.338 e. The predicted molar refractivity (Wildman–Crippen MR) is 77.5 cm³/mol. The molecule has 0 aliphatic carbocycles. The van der Waals surface area contributed by atoms with Crippen LogP contribution in [0.5, 0.6) is 0 Å². The van der Waals surface area contributed by atoms with Crippen molar-refractivity contribution in [3.8, 4) is 0 Å². The number of rotatable bonds is 4. The van der Waals surface area contributed by atoms with E-state index in [2.05, 4.69) is 10.3 Å². The van der Waals surface area contributed by atoms with Crippen LogP contribution in [0.15, 0.2) is 30.3 Å². The third-order valence-electron chi connectivity index (χ3n) is 2.97. The van der Waals surface area contributed by atoms with Gasteiger partial charge in [0.05, 0.1) is 15.4 Å². The first kappa shape index (κ1) is 13.1. The number of thiophene rings is 1. The second kappa shape index (κ2) is 5.22. The van der Waals surface area contributed by atoms with Gasteiger partial charge < -0.3 is 5.11 Å². The van der Waals surface area contributed by atoms with Gasteiger partial charge in [0.25, 0.3) is 0 Å². The van der Waals surface area contributed by atoms with Crippen LogP contribution in [0.4, 0.5) is 0 Å². The normalized spacial score (nSPS) is 11.1. The molecule has 0 spiro atoms. The number of fused-ring (bicyclic) bond motifs is 1. The van der Waals surface area contributed by atoms with Gasteiger partial charge in [-0.25, -0.2) is 9.48 Å². The Labute approximate surface area is 123 Å². The Bertz CT molecular complexity index is 781. The lowest BCUT2D eigenvalue weighted by Crippen LogP contribution is -2.02. The topological polar surface area (TPSA) is 68.0 Å². The lowest BCUT2D eigenvalue weighted by molar-refractivity contribution is 0.0699. The predicted octanol–water partition coefficient (Wildman–Crippen LogP) is 3.09. The first-order valence-electron chi connectivity index (χ1n) is 5.95. The number of carbonyl (C=O) groups is 1. The maximum atomic E-state index is 11.1. The first-order valence-corrected chi connectivity index (χ1v) is 7.14. The molecule has 5 nitrogen and oxygen atoms in total. The van der Waals surface area contributed by atoms with Gasteiger partial charge in [-0.15, -0.1) is 16.4 Å². The van der Waals surface area contributed by atoms with E-state index in [1.54, 1.807) is 10.7 Å². The summed E-state index contributed by atoms with van der Waals surface area (Å²) in [6.45, 7) is 0.635. The molecule has 0 aliphatic rings. The quantitative estimate of drug-likeness (QED) is 0.804. The second-order valence-electron chi connectivity index (χ2n) is 4.25. The van der Waals surface area contributed by atoms with Crippen LogP contribution in [0, 0.1) is 0 Å². The van der Waals surface area contributed by atoms with Crippen LogP contribution >= 0.6 is 22.9 Å². The van der Waals surface area contributed by atoms with E-state index in [9.17, 15) is 4.79 Å². The molecule has 0 unspecified atom stereocenters. The summed E-state index contributed by atoms with van der Waals surface area (Å²) in [7, 11) is 0. The molecule has 0 atom stereocenters. The van der Waals surface area contributed by atoms with Gasteiger partial charge in [0, 0.05) is 17.8 Å². The number of hydrogen-bond donors (Lipinski definition) is 1. The van der Waals surface area contributed by atoms with Crippen molar-refractivity contribution in [3.63, 3.8) is 0 Å². The van der Waals surface area contributed by atoms with E-state index in [1.165, 1.54) is 17.4 Å². The molecule has 2 heterocycles. The zero-order chi connectivity index (χ0) is 14.1. The Morgan fingerprint density at radius 2 is 2.20 bits per heavy atom. The van der Waals surface area contributed by atoms with Crippen molar-refractivity contribution < 1.29 is 9.90 Å².